The smallest absolute Gasteiger partial charge is 0.411 e. The van der Waals surface area contributed by atoms with Gasteiger partial charge in [0.25, 0.3) is 0 Å². The molecule has 6 nitrogen and oxygen atoms in total. The molecule has 6 heteroatoms. The molecule has 1 aliphatic rings. The number of amides is 1. The van der Waals surface area contributed by atoms with Crippen LogP contribution in [0.2, 0.25) is 0 Å². The molecular formula is C17H19N3O3. The number of carbonyl (C=O) groups is 2. The summed E-state index contributed by atoms with van der Waals surface area (Å²) in [6.45, 7) is 3.79. The SMILES string of the molecule is CC[C@@H](C)OC(=O)Nc1ccc(NN=C2C=CC(=O)C=C2)cc1. The van der Waals surface area contributed by atoms with E-state index in [1.54, 1.807) is 36.4 Å². The zero-order valence-corrected chi connectivity index (χ0v) is 13.1. The van der Waals surface area contributed by atoms with E-state index in [4.69, 9.17) is 4.74 Å². The molecule has 1 aromatic carbocycles. The van der Waals surface area contributed by atoms with E-state index in [9.17, 15) is 9.59 Å². The Bertz CT molecular complexity index is 642. The summed E-state index contributed by atoms with van der Waals surface area (Å²) in [7, 11) is 0. The standard InChI is InChI=1S/C17H19N3O3/c1-3-12(2)23-17(22)18-13-4-6-14(7-5-13)19-20-15-8-10-16(21)11-9-15/h4-12,19H,3H2,1-2H3,(H,18,22)/t12-/m1/s1. The van der Waals surface area contributed by atoms with Crippen molar-refractivity contribution in [1.82, 2.24) is 0 Å². The van der Waals surface area contributed by atoms with E-state index in [1.165, 1.54) is 12.2 Å². The van der Waals surface area contributed by atoms with Gasteiger partial charge in [0.15, 0.2) is 5.78 Å². The van der Waals surface area contributed by atoms with Crippen LogP contribution in [-0.2, 0) is 9.53 Å². The van der Waals surface area contributed by atoms with Crippen molar-refractivity contribution in [2.75, 3.05) is 10.7 Å². The molecule has 0 aliphatic heterocycles. The molecule has 0 saturated carbocycles. The third kappa shape index (κ3) is 5.43. The van der Waals surface area contributed by atoms with Crippen LogP contribution in [0.15, 0.2) is 53.7 Å². The number of allylic oxidation sites excluding steroid dienone is 4. The predicted octanol–water partition coefficient (Wildman–Crippen LogP) is 3.50. The number of hydrogen-bond acceptors (Lipinski definition) is 5. The van der Waals surface area contributed by atoms with Gasteiger partial charge in [-0.15, -0.1) is 0 Å². The summed E-state index contributed by atoms with van der Waals surface area (Å²) in [5.41, 5.74) is 4.94. The molecule has 0 aromatic heterocycles. The second kappa shape index (κ2) is 7.93. The predicted molar refractivity (Wildman–Crippen MR) is 90.6 cm³/mol. The number of benzene rings is 1. The van der Waals surface area contributed by atoms with E-state index < -0.39 is 6.09 Å². The largest absolute Gasteiger partial charge is 0.446 e. The maximum atomic E-state index is 11.6. The number of carbonyl (C=O) groups excluding carboxylic acids is 2. The number of ketones is 1. The summed E-state index contributed by atoms with van der Waals surface area (Å²) in [5.74, 6) is -0.0522. The van der Waals surface area contributed by atoms with Gasteiger partial charge in [-0.1, -0.05) is 6.92 Å². The summed E-state index contributed by atoms with van der Waals surface area (Å²) in [4.78, 5) is 22.6. The summed E-state index contributed by atoms with van der Waals surface area (Å²) < 4.78 is 5.14. The highest BCUT2D eigenvalue weighted by Crippen LogP contribution is 2.14. The number of ether oxygens (including phenoxy) is 1. The summed E-state index contributed by atoms with van der Waals surface area (Å²) in [5, 5.41) is 6.82. The lowest BCUT2D eigenvalue weighted by Crippen LogP contribution is -2.19. The van der Waals surface area contributed by atoms with Crippen LogP contribution in [0.25, 0.3) is 0 Å². The van der Waals surface area contributed by atoms with Crippen molar-refractivity contribution >= 4 is 29.0 Å². The van der Waals surface area contributed by atoms with E-state index in [0.29, 0.717) is 11.4 Å². The highest BCUT2D eigenvalue weighted by Gasteiger charge is 2.07. The lowest BCUT2D eigenvalue weighted by Gasteiger charge is -2.12. The summed E-state index contributed by atoms with van der Waals surface area (Å²) in [6.07, 6.45) is 6.36. The van der Waals surface area contributed by atoms with Crippen molar-refractivity contribution in [2.45, 2.75) is 26.4 Å². The summed E-state index contributed by atoms with van der Waals surface area (Å²) in [6, 6.07) is 7.06. The van der Waals surface area contributed by atoms with E-state index in [0.717, 1.165) is 12.1 Å². The molecule has 0 fully saturated rings. The first-order valence-corrected chi connectivity index (χ1v) is 7.38. The van der Waals surface area contributed by atoms with Gasteiger partial charge in [0.1, 0.15) is 6.10 Å². The van der Waals surface area contributed by atoms with E-state index >= 15 is 0 Å². The van der Waals surface area contributed by atoms with E-state index in [1.807, 2.05) is 13.8 Å². The average Bonchev–Trinajstić information content (AvgIpc) is 2.55. The van der Waals surface area contributed by atoms with Gasteiger partial charge < -0.3 is 4.74 Å². The molecule has 0 bridgehead atoms. The van der Waals surface area contributed by atoms with Gasteiger partial charge in [-0.3, -0.25) is 15.5 Å². The van der Waals surface area contributed by atoms with Crippen LogP contribution in [0.3, 0.4) is 0 Å². The maximum Gasteiger partial charge on any atom is 0.411 e. The molecule has 0 unspecified atom stereocenters. The minimum atomic E-state index is -0.470. The molecule has 1 atom stereocenters. The maximum absolute atomic E-state index is 11.6. The number of nitrogens with zero attached hydrogens (tertiary/aromatic N) is 1. The normalized spacial score (nSPS) is 14.3. The number of hydrazone groups is 1. The Balaban J connectivity index is 1.88. The Morgan fingerprint density at radius 2 is 1.74 bits per heavy atom. The molecule has 0 radical (unpaired) electrons. The van der Waals surface area contributed by atoms with Gasteiger partial charge in [0.05, 0.1) is 11.4 Å². The van der Waals surface area contributed by atoms with E-state index in [2.05, 4.69) is 15.8 Å². The second-order valence-electron chi connectivity index (χ2n) is 5.04. The molecule has 0 spiro atoms. The number of nitrogens with one attached hydrogen (secondary N) is 2. The van der Waals surface area contributed by atoms with Crippen LogP contribution >= 0.6 is 0 Å². The van der Waals surface area contributed by atoms with Gasteiger partial charge in [-0.25, -0.2) is 4.79 Å². The van der Waals surface area contributed by atoms with Crippen LogP contribution in [0.5, 0.6) is 0 Å². The Morgan fingerprint density at radius 3 is 2.35 bits per heavy atom. The molecule has 1 aromatic rings. The average molecular weight is 313 g/mol. The zero-order chi connectivity index (χ0) is 16.7. The Labute approximate surface area is 134 Å². The molecule has 0 heterocycles. The van der Waals surface area contributed by atoms with Crippen LogP contribution in [0.4, 0.5) is 16.2 Å². The number of rotatable bonds is 5. The Morgan fingerprint density at radius 1 is 1.13 bits per heavy atom. The fourth-order valence-corrected chi connectivity index (χ4v) is 1.69. The van der Waals surface area contributed by atoms with Crippen LogP contribution in [0.1, 0.15) is 20.3 Å². The zero-order valence-electron chi connectivity index (χ0n) is 13.1. The lowest BCUT2D eigenvalue weighted by molar-refractivity contribution is -0.110. The molecule has 120 valence electrons. The van der Waals surface area contributed by atoms with Gasteiger partial charge in [-0.05, 0) is 61.9 Å². The first kappa shape index (κ1) is 16.5. The monoisotopic (exact) mass is 313 g/mol. The third-order valence-corrected chi connectivity index (χ3v) is 3.17. The first-order chi connectivity index (χ1) is 11.1. The molecule has 2 N–H and O–H groups in total. The van der Waals surface area contributed by atoms with Crippen molar-refractivity contribution in [3.05, 3.63) is 48.6 Å². The second-order valence-corrected chi connectivity index (χ2v) is 5.04. The molecule has 1 aliphatic carbocycles. The Kier molecular flexibility index (Phi) is 5.68. The quantitative estimate of drug-likeness (QED) is 0.644. The van der Waals surface area contributed by atoms with Crippen molar-refractivity contribution in [1.29, 1.82) is 0 Å². The fraction of sp³-hybridized carbons (Fsp3) is 0.235. The molecule has 23 heavy (non-hydrogen) atoms. The fourth-order valence-electron chi connectivity index (χ4n) is 1.69. The lowest BCUT2D eigenvalue weighted by atomic mass is 10.2. The van der Waals surface area contributed by atoms with Crippen molar-refractivity contribution in [3.63, 3.8) is 0 Å². The minimum Gasteiger partial charge on any atom is -0.446 e. The van der Waals surface area contributed by atoms with Crippen LogP contribution in [0, 0.1) is 0 Å². The molecule has 1 amide bonds. The third-order valence-electron chi connectivity index (χ3n) is 3.17. The van der Waals surface area contributed by atoms with Crippen LogP contribution in [-0.4, -0.2) is 23.7 Å². The number of anilines is 2. The summed E-state index contributed by atoms with van der Waals surface area (Å²) >= 11 is 0. The number of hydrogen-bond donors (Lipinski definition) is 2. The molecular weight excluding hydrogens is 294 g/mol. The topological polar surface area (TPSA) is 79.8 Å². The van der Waals surface area contributed by atoms with Gasteiger partial charge in [-0.2, -0.15) is 5.10 Å². The molecule has 2 rings (SSSR count). The minimum absolute atomic E-state index is 0.0522. The van der Waals surface area contributed by atoms with Crippen LogP contribution < -0.4 is 10.7 Å². The highest BCUT2D eigenvalue weighted by atomic mass is 16.6. The van der Waals surface area contributed by atoms with Crippen molar-refractivity contribution in [2.24, 2.45) is 5.10 Å². The van der Waals surface area contributed by atoms with Gasteiger partial charge in [0.2, 0.25) is 0 Å². The van der Waals surface area contributed by atoms with Gasteiger partial charge in [0, 0.05) is 5.69 Å². The van der Waals surface area contributed by atoms with Crippen molar-refractivity contribution in [3.8, 4) is 0 Å². The van der Waals surface area contributed by atoms with Gasteiger partial charge >= 0.3 is 6.09 Å². The first-order valence-electron chi connectivity index (χ1n) is 7.38. The molecule has 0 saturated heterocycles. The van der Waals surface area contributed by atoms with Crippen molar-refractivity contribution < 1.29 is 14.3 Å². The Hall–Kier alpha value is -2.89. The highest BCUT2D eigenvalue weighted by molar-refractivity contribution is 6.16. The van der Waals surface area contributed by atoms with E-state index in [-0.39, 0.29) is 11.9 Å².